The SMILES string of the molecule is CON(C)S(=O)(=O)c1cccc(C(=O)Nc2ccc(C(=O)NC3CCCCC3)cc2C)c1. The summed E-state index contributed by atoms with van der Waals surface area (Å²) in [4.78, 5) is 30.0. The average Bonchev–Trinajstić information content (AvgIpc) is 2.80. The molecule has 0 aliphatic heterocycles. The molecule has 1 fully saturated rings. The Bertz CT molecular complexity index is 1090. The van der Waals surface area contributed by atoms with E-state index in [1.165, 1.54) is 44.8 Å². The first kappa shape index (κ1) is 23.9. The third-order valence-electron chi connectivity index (χ3n) is 5.67. The van der Waals surface area contributed by atoms with Crippen molar-refractivity contribution in [3.63, 3.8) is 0 Å². The number of sulfonamides is 1. The fourth-order valence-electron chi connectivity index (χ4n) is 3.70. The molecule has 2 aromatic rings. The molecule has 0 spiro atoms. The molecule has 8 nitrogen and oxygen atoms in total. The highest BCUT2D eigenvalue weighted by atomic mass is 32.2. The lowest BCUT2D eigenvalue weighted by Gasteiger charge is -2.23. The number of carbonyl (C=O) groups is 2. The molecule has 3 rings (SSSR count). The average molecular weight is 460 g/mol. The number of amides is 2. The van der Waals surface area contributed by atoms with E-state index >= 15 is 0 Å². The van der Waals surface area contributed by atoms with Gasteiger partial charge < -0.3 is 10.6 Å². The van der Waals surface area contributed by atoms with Crippen LogP contribution in [0.25, 0.3) is 0 Å². The second-order valence-electron chi connectivity index (χ2n) is 7.92. The van der Waals surface area contributed by atoms with Crippen LogP contribution in [0, 0.1) is 6.92 Å². The lowest BCUT2D eigenvalue weighted by atomic mass is 9.95. The molecule has 2 amide bonds. The zero-order valence-electron chi connectivity index (χ0n) is 18.6. The van der Waals surface area contributed by atoms with Gasteiger partial charge in [-0.3, -0.25) is 14.4 Å². The number of hydrogen-bond acceptors (Lipinski definition) is 5. The number of anilines is 1. The third-order valence-corrected chi connectivity index (χ3v) is 7.34. The van der Waals surface area contributed by atoms with Crippen LogP contribution in [0.15, 0.2) is 47.4 Å². The molecule has 9 heteroatoms. The summed E-state index contributed by atoms with van der Waals surface area (Å²) in [6, 6.07) is 11.0. The van der Waals surface area contributed by atoms with Crippen molar-refractivity contribution in [2.75, 3.05) is 19.5 Å². The first-order valence-electron chi connectivity index (χ1n) is 10.6. The predicted octanol–water partition coefficient (Wildman–Crippen LogP) is 3.49. The van der Waals surface area contributed by atoms with Crippen LogP contribution in [0.4, 0.5) is 5.69 Å². The minimum absolute atomic E-state index is 0.0547. The van der Waals surface area contributed by atoms with Crippen molar-refractivity contribution in [3.05, 3.63) is 59.2 Å². The fraction of sp³-hybridized carbons (Fsp3) is 0.391. The second kappa shape index (κ2) is 10.2. The Balaban J connectivity index is 1.71. The van der Waals surface area contributed by atoms with E-state index < -0.39 is 15.9 Å². The van der Waals surface area contributed by atoms with Crippen LogP contribution in [-0.2, 0) is 14.9 Å². The summed E-state index contributed by atoms with van der Waals surface area (Å²) in [5.74, 6) is -0.567. The van der Waals surface area contributed by atoms with Crippen LogP contribution < -0.4 is 10.6 Å². The van der Waals surface area contributed by atoms with E-state index in [-0.39, 0.29) is 22.4 Å². The maximum Gasteiger partial charge on any atom is 0.264 e. The topological polar surface area (TPSA) is 105 Å². The van der Waals surface area contributed by atoms with Gasteiger partial charge in [0.05, 0.1) is 12.0 Å². The highest BCUT2D eigenvalue weighted by Gasteiger charge is 2.22. The van der Waals surface area contributed by atoms with Crippen LogP contribution in [0.5, 0.6) is 0 Å². The van der Waals surface area contributed by atoms with Crippen LogP contribution >= 0.6 is 0 Å². The molecule has 1 saturated carbocycles. The van der Waals surface area contributed by atoms with Gasteiger partial charge in [0, 0.05) is 29.9 Å². The second-order valence-corrected chi connectivity index (χ2v) is 9.85. The number of benzene rings is 2. The van der Waals surface area contributed by atoms with Crippen molar-refractivity contribution in [2.45, 2.75) is 50.0 Å². The molecule has 172 valence electrons. The number of rotatable bonds is 7. The van der Waals surface area contributed by atoms with E-state index in [0.29, 0.717) is 11.3 Å². The Labute approximate surface area is 189 Å². The van der Waals surface area contributed by atoms with Crippen LogP contribution in [-0.4, -0.2) is 44.9 Å². The summed E-state index contributed by atoms with van der Waals surface area (Å²) in [5.41, 5.74) is 2.01. The van der Waals surface area contributed by atoms with Crippen molar-refractivity contribution in [1.29, 1.82) is 0 Å². The van der Waals surface area contributed by atoms with E-state index in [4.69, 9.17) is 4.84 Å². The van der Waals surface area contributed by atoms with Crippen LogP contribution in [0.1, 0.15) is 58.4 Å². The summed E-state index contributed by atoms with van der Waals surface area (Å²) in [6.07, 6.45) is 5.51. The van der Waals surface area contributed by atoms with Gasteiger partial charge in [-0.1, -0.05) is 29.8 Å². The summed E-state index contributed by atoms with van der Waals surface area (Å²) in [6.45, 7) is 1.81. The van der Waals surface area contributed by atoms with Gasteiger partial charge in [-0.2, -0.15) is 0 Å². The highest BCUT2D eigenvalue weighted by molar-refractivity contribution is 7.89. The Morgan fingerprint density at radius 2 is 1.69 bits per heavy atom. The number of hydrogen-bond donors (Lipinski definition) is 2. The van der Waals surface area contributed by atoms with Gasteiger partial charge in [0.1, 0.15) is 0 Å². The maximum atomic E-state index is 12.7. The standard InChI is InChI=1S/C23H29N3O5S/c1-16-14-18(22(27)24-19-9-5-4-6-10-19)12-13-21(16)25-23(28)17-8-7-11-20(15-17)32(29,30)26(2)31-3/h7-8,11-15,19H,4-6,9-10H2,1-3H3,(H,24,27)(H,25,28). The lowest BCUT2D eigenvalue weighted by molar-refractivity contribution is -0.0258. The first-order chi connectivity index (χ1) is 15.2. The number of nitrogens with one attached hydrogen (secondary N) is 2. The molecule has 0 radical (unpaired) electrons. The highest BCUT2D eigenvalue weighted by Crippen LogP contribution is 2.21. The molecule has 0 heterocycles. The quantitative estimate of drug-likeness (QED) is 0.617. The number of hydroxylamine groups is 1. The summed E-state index contributed by atoms with van der Waals surface area (Å²) in [7, 11) is -1.35. The molecule has 0 saturated heterocycles. The largest absolute Gasteiger partial charge is 0.349 e. The molecular formula is C23H29N3O5S. The Morgan fingerprint density at radius 3 is 2.34 bits per heavy atom. The molecule has 0 atom stereocenters. The molecular weight excluding hydrogens is 430 g/mol. The van der Waals surface area contributed by atoms with Crippen molar-refractivity contribution < 1.29 is 22.8 Å². The normalized spacial score (nSPS) is 14.9. The molecule has 2 aromatic carbocycles. The monoisotopic (exact) mass is 459 g/mol. The van der Waals surface area contributed by atoms with Gasteiger partial charge in [-0.25, -0.2) is 8.42 Å². The van der Waals surface area contributed by atoms with Gasteiger partial charge in [-0.05, 0) is 61.7 Å². The van der Waals surface area contributed by atoms with Crippen LogP contribution in [0.2, 0.25) is 0 Å². The minimum atomic E-state index is -3.87. The molecule has 1 aliphatic carbocycles. The van der Waals surface area contributed by atoms with E-state index in [0.717, 1.165) is 35.7 Å². The zero-order chi connectivity index (χ0) is 23.3. The van der Waals surface area contributed by atoms with Gasteiger partial charge in [-0.15, -0.1) is 0 Å². The van der Waals surface area contributed by atoms with Gasteiger partial charge >= 0.3 is 0 Å². The summed E-state index contributed by atoms with van der Waals surface area (Å²) < 4.78 is 25.6. The van der Waals surface area contributed by atoms with Gasteiger partial charge in [0.2, 0.25) is 0 Å². The van der Waals surface area contributed by atoms with Crippen molar-refractivity contribution in [1.82, 2.24) is 9.79 Å². The Hall–Kier alpha value is -2.75. The molecule has 1 aliphatic rings. The van der Waals surface area contributed by atoms with Gasteiger partial charge in [0.25, 0.3) is 21.8 Å². The number of carbonyl (C=O) groups excluding carboxylic acids is 2. The summed E-state index contributed by atoms with van der Waals surface area (Å²) >= 11 is 0. The summed E-state index contributed by atoms with van der Waals surface area (Å²) in [5, 5.41) is 5.87. The third kappa shape index (κ3) is 5.53. The maximum absolute atomic E-state index is 12.7. The minimum Gasteiger partial charge on any atom is -0.349 e. The van der Waals surface area contributed by atoms with Gasteiger partial charge in [0.15, 0.2) is 0 Å². The molecule has 0 aromatic heterocycles. The molecule has 32 heavy (non-hydrogen) atoms. The fourth-order valence-corrected chi connectivity index (χ4v) is 4.72. The van der Waals surface area contributed by atoms with Crippen LogP contribution in [0.3, 0.4) is 0 Å². The smallest absolute Gasteiger partial charge is 0.264 e. The van der Waals surface area contributed by atoms with E-state index in [1.54, 1.807) is 25.1 Å². The van der Waals surface area contributed by atoms with E-state index in [9.17, 15) is 18.0 Å². The zero-order valence-corrected chi connectivity index (χ0v) is 19.4. The lowest BCUT2D eigenvalue weighted by Crippen LogP contribution is -2.36. The van der Waals surface area contributed by atoms with E-state index in [1.807, 2.05) is 0 Å². The Morgan fingerprint density at radius 1 is 1.00 bits per heavy atom. The Kier molecular flexibility index (Phi) is 7.65. The number of nitrogens with zero attached hydrogens (tertiary/aromatic N) is 1. The van der Waals surface area contributed by atoms with Crippen molar-refractivity contribution in [3.8, 4) is 0 Å². The van der Waals surface area contributed by atoms with Crippen molar-refractivity contribution >= 4 is 27.5 Å². The molecule has 2 N–H and O–H groups in total. The first-order valence-corrected chi connectivity index (χ1v) is 12.0. The van der Waals surface area contributed by atoms with E-state index in [2.05, 4.69) is 10.6 Å². The van der Waals surface area contributed by atoms with Crippen molar-refractivity contribution in [2.24, 2.45) is 0 Å². The number of aryl methyl sites for hydroxylation is 1. The molecule has 0 bridgehead atoms. The molecule has 0 unspecified atom stereocenters. The predicted molar refractivity (Wildman–Crippen MR) is 122 cm³/mol.